The van der Waals surface area contributed by atoms with Gasteiger partial charge in [-0.1, -0.05) is 243 Å². The summed E-state index contributed by atoms with van der Waals surface area (Å²) in [5, 5.41) is 10.8. The number of benzene rings is 1. The molecular formula is C63H119N2O+. The van der Waals surface area contributed by atoms with Crippen LogP contribution in [0.25, 0.3) is 0 Å². The summed E-state index contributed by atoms with van der Waals surface area (Å²) in [5.41, 5.74) is 9.79. The van der Waals surface area contributed by atoms with Gasteiger partial charge in [0, 0.05) is 35.3 Å². The number of allylic oxidation sites excluding steroid dienone is 5. The summed E-state index contributed by atoms with van der Waals surface area (Å²) in [5.74, 6) is 10.7. The van der Waals surface area contributed by atoms with Gasteiger partial charge in [0.25, 0.3) is 0 Å². The third-order valence-corrected chi connectivity index (χ3v) is 14.5. The summed E-state index contributed by atoms with van der Waals surface area (Å²) < 4.78 is 1.66. The second-order valence-electron chi connectivity index (χ2n) is 24.0. The number of hydrogen-bond donors (Lipinski definition) is 1. The Morgan fingerprint density at radius 3 is 1.39 bits per heavy atom. The van der Waals surface area contributed by atoms with Crippen molar-refractivity contribution in [2.75, 3.05) is 0 Å². The standard InChI is InChI=1S/C17H34NO.C17H33N.2C13H20.3CH4/c1-10(2)14-9-15(11(3)4)17(13(7)8)18(19)16(14)12(5)6;1-10(2)14-9-15(11(3)4)17(13(7)8)18-16(14)12(5)6;2*1-9(2)12-7-6-11(5)8-13(12)10(3)4;;;/h10-16,19H,9H2,1-8H3;10-16H,9H2,1-8H3;6-10H,1-5H3;6-10,12H,5H2,1-4H3;3*1H4/q+1;;;;;;. The Morgan fingerprint density at radius 2 is 1.03 bits per heavy atom. The molecule has 0 aromatic heterocycles. The lowest BCUT2D eigenvalue weighted by atomic mass is 9.69. The van der Waals surface area contributed by atoms with Crippen molar-refractivity contribution in [3.63, 3.8) is 0 Å². The highest BCUT2D eigenvalue weighted by molar-refractivity contribution is 5.89. The first kappa shape index (κ1) is 67.8. The molecule has 66 heavy (non-hydrogen) atoms. The number of aryl methyl sites for hydroxylation is 1. The van der Waals surface area contributed by atoms with Gasteiger partial charge < -0.3 is 0 Å². The first-order valence-electron chi connectivity index (χ1n) is 26.1. The fraction of sp³-hybridized carbons (Fsp3) is 0.778. The Labute approximate surface area is 416 Å². The molecule has 2 aliphatic heterocycles. The third kappa shape index (κ3) is 19.5. The molecule has 1 aromatic carbocycles. The van der Waals surface area contributed by atoms with Crippen LogP contribution in [0.2, 0.25) is 0 Å². The van der Waals surface area contributed by atoms with Crippen molar-refractivity contribution in [1.82, 2.24) is 0 Å². The molecule has 0 amide bonds. The van der Waals surface area contributed by atoms with Crippen LogP contribution in [-0.2, 0) is 0 Å². The molecule has 3 aliphatic rings. The molecule has 2 heterocycles. The fourth-order valence-corrected chi connectivity index (χ4v) is 10.8. The third-order valence-electron chi connectivity index (χ3n) is 14.5. The molecule has 1 aliphatic carbocycles. The van der Waals surface area contributed by atoms with E-state index in [2.05, 4.69) is 216 Å². The topological polar surface area (TPSA) is 35.6 Å². The lowest BCUT2D eigenvalue weighted by Gasteiger charge is -2.41. The van der Waals surface area contributed by atoms with Crippen molar-refractivity contribution in [2.45, 2.75) is 232 Å². The number of hydroxylamine groups is 1. The van der Waals surface area contributed by atoms with E-state index in [0.29, 0.717) is 88.9 Å². The van der Waals surface area contributed by atoms with Gasteiger partial charge in [-0.05, 0) is 112 Å². The van der Waals surface area contributed by atoms with Gasteiger partial charge in [-0.2, -0.15) is 0 Å². The normalized spacial score (nSPS) is 23.2. The van der Waals surface area contributed by atoms with Crippen molar-refractivity contribution < 1.29 is 9.95 Å². The van der Waals surface area contributed by atoms with Crippen LogP contribution >= 0.6 is 0 Å². The Bertz CT molecular complexity index is 1640. The first-order chi connectivity index (χ1) is 29.0. The van der Waals surface area contributed by atoms with Crippen LogP contribution in [0.3, 0.4) is 0 Å². The molecule has 0 saturated heterocycles. The largest absolute Gasteiger partial charge is 0.291 e. The van der Waals surface area contributed by atoms with Crippen molar-refractivity contribution in [3.05, 3.63) is 70.8 Å². The van der Waals surface area contributed by atoms with Crippen LogP contribution in [0.5, 0.6) is 0 Å². The van der Waals surface area contributed by atoms with Gasteiger partial charge in [0.1, 0.15) is 0 Å². The number of nitrogens with zero attached hydrogens (tertiary/aromatic N) is 2. The predicted octanol–water partition coefficient (Wildman–Crippen LogP) is 19.6. The Morgan fingerprint density at radius 1 is 0.545 bits per heavy atom. The monoisotopic (exact) mass is 920 g/mol. The first-order valence-corrected chi connectivity index (χ1v) is 26.1. The van der Waals surface area contributed by atoms with Crippen LogP contribution in [0, 0.1) is 95.7 Å². The molecule has 7 atom stereocenters. The van der Waals surface area contributed by atoms with Gasteiger partial charge >= 0.3 is 0 Å². The highest BCUT2D eigenvalue weighted by Crippen LogP contribution is 2.40. The maximum Gasteiger partial charge on any atom is 0.210 e. The van der Waals surface area contributed by atoms with E-state index in [1.165, 1.54) is 46.5 Å². The van der Waals surface area contributed by atoms with Gasteiger partial charge in [0.15, 0.2) is 0 Å². The van der Waals surface area contributed by atoms with Gasteiger partial charge in [-0.3, -0.25) is 10.2 Å². The van der Waals surface area contributed by atoms with Crippen LogP contribution in [-0.4, -0.2) is 33.5 Å². The number of hydrogen-bond acceptors (Lipinski definition) is 2. The smallest absolute Gasteiger partial charge is 0.210 e. The van der Waals surface area contributed by atoms with E-state index < -0.39 is 0 Å². The molecule has 3 nitrogen and oxygen atoms in total. The SMILES string of the molecule is C.C.C.C=C1C=CC(C(C)C)C(C(C)C)=C1.CC(C)C1=NC(C(C)C)C(C(C)C)CC1C(C)C.CC(C)C1=[N+](O)C(C(C)C)C(C(C)C)CC1C(C)C.Cc1ccc(C(C)C)c(C(C)C)c1. The van der Waals surface area contributed by atoms with Gasteiger partial charge in [0.2, 0.25) is 11.8 Å². The molecule has 7 unspecified atom stereocenters. The van der Waals surface area contributed by atoms with E-state index in [-0.39, 0.29) is 28.3 Å². The highest BCUT2D eigenvalue weighted by Gasteiger charge is 2.48. The molecule has 3 heteroatoms. The summed E-state index contributed by atoms with van der Waals surface area (Å²) in [4.78, 5) is 5.20. The van der Waals surface area contributed by atoms with Crippen LogP contribution < -0.4 is 0 Å². The van der Waals surface area contributed by atoms with E-state index in [1.54, 1.807) is 4.74 Å². The second kappa shape index (κ2) is 30.9. The average molecular weight is 921 g/mol. The van der Waals surface area contributed by atoms with E-state index >= 15 is 0 Å². The molecule has 0 saturated carbocycles. The average Bonchev–Trinajstić information content (AvgIpc) is 3.16. The second-order valence-corrected chi connectivity index (χ2v) is 24.0. The maximum absolute atomic E-state index is 10.8. The molecule has 1 aromatic rings. The lowest BCUT2D eigenvalue weighted by Crippen LogP contribution is -2.51. The zero-order chi connectivity index (χ0) is 49.0. The van der Waals surface area contributed by atoms with E-state index in [9.17, 15) is 5.21 Å². The van der Waals surface area contributed by atoms with Crippen molar-refractivity contribution in [2.24, 2.45) is 93.8 Å². The van der Waals surface area contributed by atoms with Crippen LogP contribution in [0.1, 0.15) is 230 Å². The molecule has 0 fully saturated rings. The summed E-state index contributed by atoms with van der Waals surface area (Å²) in [6.07, 6.45) is 9.24. The molecule has 0 radical (unpaired) electrons. The zero-order valence-corrected chi connectivity index (χ0v) is 46.4. The summed E-state index contributed by atoms with van der Waals surface area (Å²) in [6.45, 7) is 61.0. The van der Waals surface area contributed by atoms with Crippen molar-refractivity contribution in [3.8, 4) is 0 Å². The maximum atomic E-state index is 10.8. The summed E-state index contributed by atoms with van der Waals surface area (Å²) >= 11 is 0. The van der Waals surface area contributed by atoms with Crippen molar-refractivity contribution in [1.29, 1.82) is 0 Å². The van der Waals surface area contributed by atoms with Gasteiger partial charge in [0.05, 0.1) is 6.04 Å². The minimum absolute atomic E-state index is 0. The van der Waals surface area contributed by atoms with E-state index in [4.69, 9.17) is 4.99 Å². The Balaban J connectivity index is -0.000000800. The number of rotatable bonds is 12. The van der Waals surface area contributed by atoms with Crippen LogP contribution in [0.15, 0.2) is 59.1 Å². The number of aliphatic imine (C=N–C) groups is 1. The highest BCUT2D eigenvalue weighted by atomic mass is 16.5. The Hall–Kier alpha value is -2.42. The molecule has 0 spiro atoms. The fourth-order valence-electron chi connectivity index (χ4n) is 10.8. The molecule has 1 N–H and O–H groups in total. The summed E-state index contributed by atoms with van der Waals surface area (Å²) in [6, 6.07) is 7.61. The molecule has 4 rings (SSSR count). The zero-order valence-electron chi connectivity index (χ0n) is 46.4. The van der Waals surface area contributed by atoms with E-state index in [1.807, 2.05) is 0 Å². The van der Waals surface area contributed by atoms with Crippen LogP contribution in [0.4, 0.5) is 0 Å². The predicted molar refractivity (Wildman–Crippen MR) is 303 cm³/mol. The van der Waals surface area contributed by atoms with Gasteiger partial charge in [-0.25, -0.2) is 0 Å². The molecular weight excluding hydrogens is 801 g/mol. The summed E-state index contributed by atoms with van der Waals surface area (Å²) in [7, 11) is 0. The molecule has 0 bridgehead atoms. The quantitative estimate of drug-likeness (QED) is 0.165. The van der Waals surface area contributed by atoms with Crippen molar-refractivity contribution >= 4 is 11.4 Å². The molecule has 386 valence electrons. The Kier molecular flexibility index (Phi) is 31.8. The van der Waals surface area contributed by atoms with Gasteiger partial charge in [-0.15, -0.1) is 0 Å². The lowest BCUT2D eigenvalue weighted by molar-refractivity contribution is -0.814. The minimum Gasteiger partial charge on any atom is -0.291 e. The minimum atomic E-state index is 0. The van der Waals surface area contributed by atoms with E-state index in [0.717, 1.165) is 23.3 Å².